The zero-order valence-electron chi connectivity index (χ0n) is 33.6. The molecule has 2 aliphatic carbocycles. The van der Waals surface area contributed by atoms with Gasteiger partial charge in [0.05, 0.1) is 37.1 Å². The summed E-state index contributed by atoms with van der Waals surface area (Å²) >= 11 is 0. The number of aryl methyl sites for hydroxylation is 2. The lowest BCUT2D eigenvalue weighted by Gasteiger charge is -2.30. The minimum absolute atomic E-state index is 0. The van der Waals surface area contributed by atoms with Crippen LogP contribution in [0.15, 0.2) is 81.6 Å². The number of carboxylic acids is 1. The number of fused-ring (bicyclic) bond motifs is 4. The van der Waals surface area contributed by atoms with E-state index in [0.717, 1.165) is 21.8 Å². The minimum atomic E-state index is -4.21. The molecule has 55 heavy (non-hydrogen) atoms. The number of nitrogens with zero attached hydrogens (tertiary/aromatic N) is 3. The molecule has 0 aromatic heterocycles. The van der Waals surface area contributed by atoms with Gasteiger partial charge in [0.1, 0.15) is 50.9 Å². The van der Waals surface area contributed by atoms with Crippen molar-refractivity contribution in [3.63, 3.8) is 0 Å². The molecule has 0 saturated carbocycles. The maximum Gasteiger partial charge on any atom is 1.00 e. The van der Waals surface area contributed by atoms with Crippen molar-refractivity contribution in [3.8, 4) is 22.6 Å². The lowest BCUT2D eigenvalue weighted by atomic mass is 10.1. The largest absolute Gasteiger partial charge is 1.00 e. The third-order valence-corrected chi connectivity index (χ3v) is 13.3. The van der Waals surface area contributed by atoms with Crippen molar-refractivity contribution >= 4 is 53.6 Å². The van der Waals surface area contributed by atoms with Crippen LogP contribution in [0.1, 0.15) is 32.8 Å². The van der Waals surface area contributed by atoms with Crippen molar-refractivity contribution in [1.29, 1.82) is 0 Å². The Morgan fingerprint density at radius 3 is 1.65 bits per heavy atom. The molecule has 1 N–H and O–H groups in total. The number of halogens is 1. The standard InChI is InChI=1S/C22H27N2O5P.C18H20NO4P.ClH/c1-6-28-30(27,24(5)12-11-21(25)26)22-17-9-7-15(2)13-19(17)29-20-14-16(23(3)4)8-10-18(20)22;1-5-22-24(20,21)18-14-8-6-12(2)10-16(14)23-17-11-13(19(3)4)7-9-15(17)18;/h7-10,13-14H,6,11-12H2,1-5H3;6-11H,5H2,1-4H3;1H/p+1. The number of carboxylic acid groups (broad SMARTS) is 1. The van der Waals surface area contributed by atoms with Crippen LogP contribution in [-0.2, 0) is 23.0 Å². The quantitative estimate of drug-likeness (QED) is 0.124. The zero-order chi connectivity index (χ0) is 39.5. The second-order valence-corrected chi connectivity index (χ2v) is 17.6. The summed E-state index contributed by atoms with van der Waals surface area (Å²) in [5.41, 5.74) is 4.38. The summed E-state index contributed by atoms with van der Waals surface area (Å²) in [4.78, 5) is 23.8. The molecule has 4 aliphatic rings. The predicted molar refractivity (Wildman–Crippen MR) is 213 cm³/mol. The van der Waals surface area contributed by atoms with Crippen LogP contribution in [-0.4, -0.2) is 70.7 Å². The molecule has 2 aliphatic heterocycles. The predicted octanol–water partition coefficient (Wildman–Crippen LogP) is 2.35. The van der Waals surface area contributed by atoms with Gasteiger partial charge in [-0.1, -0.05) is 24.3 Å². The van der Waals surface area contributed by atoms with Crippen LogP contribution in [0.4, 0.5) is 0 Å². The summed E-state index contributed by atoms with van der Waals surface area (Å²) in [5.74, 6) is 0.167. The normalized spacial score (nSPS) is 13.6. The second-order valence-electron chi connectivity index (χ2n) is 13.4. The molecule has 2 heterocycles. The number of hydrogen-bond donors (Lipinski definition) is 1. The number of hydrogen-bond acceptors (Lipinski definition) is 8. The van der Waals surface area contributed by atoms with Crippen LogP contribution >= 0.6 is 15.1 Å². The molecule has 0 bridgehead atoms. The highest BCUT2D eigenvalue weighted by molar-refractivity contribution is 7.65. The highest BCUT2D eigenvalue weighted by Crippen LogP contribution is 2.53. The van der Waals surface area contributed by atoms with Gasteiger partial charge < -0.3 is 44.9 Å². The third-order valence-electron chi connectivity index (χ3n) is 8.96. The van der Waals surface area contributed by atoms with E-state index in [1.807, 2.05) is 112 Å². The fourth-order valence-electron chi connectivity index (χ4n) is 6.22. The summed E-state index contributed by atoms with van der Waals surface area (Å²) in [6, 6.07) is 22.4. The van der Waals surface area contributed by atoms with Gasteiger partial charge in [-0.05, 0) is 70.1 Å². The SMILES string of the molecule is CCOP(=O)([O-])c1c2ccc(=[N+](C)C)cc-2oc2cc(C)ccc12.CCOP(=O)(c1c2ccc(=[N+](C)C)cc-2oc2cc(C)ccc12)N(C)CCC(=O)O.[Cl-].[H+]. The molecular weight excluding hydrogens is 764 g/mol. The van der Waals surface area contributed by atoms with Crippen LogP contribution in [0, 0.1) is 13.8 Å². The van der Waals surface area contributed by atoms with Crippen LogP contribution in [0.3, 0.4) is 0 Å². The summed E-state index contributed by atoms with van der Waals surface area (Å²) in [6.07, 6.45) is -0.134. The maximum absolute atomic E-state index is 14.3. The Kier molecular flexibility index (Phi) is 14.1. The molecule has 0 amide bonds. The molecule has 6 rings (SSSR count). The number of rotatable bonds is 10. The highest BCUT2D eigenvalue weighted by atomic mass is 35.5. The van der Waals surface area contributed by atoms with Crippen molar-refractivity contribution < 1.29 is 55.6 Å². The first-order chi connectivity index (χ1) is 25.5. The minimum Gasteiger partial charge on any atom is -1.00 e. The zero-order valence-corrected chi connectivity index (χ0v) is 35.1. The lowest BCUT2D eigenvalue weighted by Crippen LogP contribution is -3.00. The maximum atomic E-state index is 14.3. The van der Waals surface area contributed by atoms with Gasteiger partial charge in [0.15, 0.2) is 7.60 Å². The van der Waals surface area contributed by atoms with Crippen molar-refractivity contribution in [2.45, 2.75) is 34.1 Å². The average Bonchev–Trinajstić information content (AvgIpc) is 3.11. The topological polar surface area (TPSA) is 148 Å². The molecule has 0 saturated heterocycles. The molecule has 294 valence electrons. The van der Waals surface area contributed by atoms with Gasteiger partial charge in [0.2, 0.25) is 10.7 Å². The van der Waals surface area contributed by atoms with Crippen LogP contribution in [0.25, 0.3) is 44.6 Å². The first-order valence-corrected chi connectivity index (χ1v) is 20.7. The number of benzene rings is 4. The molecular formula is C40H49ClN3O9P2+. The first kappa shape index (κ1) is 43.6. The Labute approximate surface area is 328 Å². The first-order valence-electron chi connectivity index (χ1n) is 17.6. The van der Waals surface area contributed by atoms with Crippen molar-refractivity contribution in [2.24, 2.45) is 0 Å². The van der Waals surface area contributed by atoms with E-state index in [1.165, 1.54) is 4.67 Å². The van der Waals surface area contributed by atoms with Gasteiger partial charge in [-0.15, -0.1) is 0 Å². The Hall–Kier alpha value is -4.12. The van der Waals surface area contributed by atoms with E-state index >= 15 is 0 Å². The van der Waals surface area contributed by atoms with E-state index in [2.05, 4.69) is 0 Å². The smallest absolute Gasteiger partial charge is 1.00 e. The Balaban J connectivity index is 0.000000296. The van der Waals surface area contributed by atoms with E-state index in [0.29, 0.717) is 49.9 Å². The van der Waals surface area contributed by atoms with E-state index in [4.69, 9.17) is 23.0 Å². The molecule has 12 nitrogen and oxygen atoms in total. The molecule has 0 spiro atoms. The molecule has 15 heteroatoms. The molecule has 2 atom stereocenters. The summed E-state index contributed by atoms with van der Waals surface area (Å²) < 4.78 is 55.6. The van der Waals surface area contributed by atoms with E-state index in [9.17, 15) is 18.8 Å². The summed E-state index contributed by atoms with van der Waals surface area (Å²) in [7, 11) is 1.59. The molecule has 2 aromatic carbocycles. The number of carbonyl (C=O) groups is 1. The van der Waals surface area contributed by atoms with Gasteiger partial charge in [-0.2, -0.15) is 0 Å². The van der Waals surface area contributed by atoms with Gasteiger partial charge in [-0.25, -0.2) is 13.8 Å². The van der Waals surface area contributed by atoms with Crippen molar-refractivity contribution in [3.05, 3.63) is 94.6 Å². The van der Waals surface area contributed by atoms with Gasteiger partial charge >= 0.3 is 14.9 Å². The monoisotopic (exact) mass is 812 g/mol. The summed E-state index contributed by atoms with van der Waals surface area (Å²) in [5, 5.41) is 13.0. The lowest BCUT2D eigenvalue weighted by molar-refractivity contribution is -0.193. The Bertz CT molecular complexity index is 2550. The summed E-state index contributed by atoms with van der Waals surface area (Å²) in [6.45, 7) is 7.77. The third kappa shape index (κ3) is 9.30. The van der Waals surface area contributed by atoms with Gasteiger partial charge in [0, 0.05) is 45.9 Å². The fourth-order valence-corrected chi connectivity index (χ4v) is 10.0. The second kappa shape index (κ2) is 17.8. The van der Waals surface area contributed by atoms with Crippen molar-refractivity contribution in [2.75, 3.05) is 55.0 Å². The van der Waals surface area contributed by atoms with Crippen LogP contribution in [0.2, 0.25) is 0 Å². The van der Waals surface area contributed by atoms with Crippen molar-refractivity contribution in [1.82, 2.24) is 13.8 Å². The Morgan fingerprint density at radius 1 is 0.764 bits per heavy atom. The fraction of sp³-hybridized carbons (Fsp3) is 0.325. The molecule has 0 radical (unpaired) electrons. The number of aliphatic carboxylic acids is 1. The van der Waals surface area contributed by atoms with E-state index < -0.39 is 21.1 Å². The Morgan fingerprint density at radius 2 is 1.22 bits per heavy atom. The van der Waals surface area contributed by atoms with Crippen LogP contribution in [0.5, 0.6) is 0 Å². The molecule has 2 unspecified atom stereocenters. The average molecular weight is 813 g/mol. The van der Waals surface area contributed by atoms with E-state index in [-0.39, 0.29) is 45.3 Å². The van der Waals surface area contributed by atoms with Gasteiger partial charge in [0.25, 0.3) is 0 Å². The highest BCUT2D eigenvalue weighted by Gasteiger charge is 2.37. The van der Waals surface area contributed by atoms with E-state index in [1.54, 1.807) is 33.0 Å². The molecule has 0 fully saturated rings. The van der Waals surface area contributed by atoms with Crippen LogP contribution < -0.4 is 47.8 Å². The van der Waals surface area contributed by atoms with Gasteiger partial charge in [-0.3, -0.25) is 9.36 Å². The molecule has 2 aromatic rings.